The van der Waals surface area contributed by atoms with Gasteiger partial charge in [0, 0.05) is 0 Å². The molecule has 0 saturated heterocycles. The fraction of sp³-hybridized carbons (Fsp3) is 0.143. The number of carbonyl (C=O) groups is 1. The van der Waals surface area contributed by atoms with Gasteiger partial charge in [-0.1, -0.05) is 12.1 Å². The van der Waals surface area contributed by atoms with Gasteiger partial charge in [0.2, 0.25) is 0 Å². The monoisotopic (exact) mass is 296 g/mol. The summed E-state index contributed by atoms with van der Waals surface area (Å²) in [6.45, 7) is 1.63. The van der Waals surface area contributed by atoms with Crippen molar-refractivity contribution < 1.29 is 22.4 Å². The number of hydrogen-bond acceptors (Lipinski definition) is 3. The maximum Gasteiger partial charge on any atom is 0.416 e. The first-order valence-corrected chi connectivity index (χ1v) is 5.92. The lowest BCUT2D eigenvalue weighted by Crippen LogP contribution is -2.17. The van der Waals surface area contributed by atoms with E-state index in [1.807, 2.05) is 0 Å². The lowest BCUT2D eigenvalue weighted by Gasteiger charge is -2.05. The first-order chi connectivity index (χ1) is 9.88. The largest absolute Gasteiger partial charge is 0.469 e. The molecule has 0 radical (unpaired) electrons. The van der Waals surface area contributed by atoms with Crippen LogP contribution >= 0.6 is 0 Å². The van der Waals surface area contributed by atoms with Crippen LogP contribution in [0.25, 0.3) is 0 Å². The Morgan fingerprint density at radius 2 is 1.90 bits per heavy atom. The maximum absolute atomic E-state index is 12.4. The van der Waals surface area contributed by atoms with Crippen molar-refractivity contribution in [2.75, 3.05) is 0 Å². The van der Waals surface area contributed by atoms with Crippen LogP contribution in [0.2, 0.25) is 0 Å². The van der Waals surface area contributed by atoms with Crippen LogP contribution in [0.5, 0.6) is 0 Å². The van der Waals surface area contributed by atoms with Gasteiger partial charge >= 0.3 is 6.18 Å². The van der Waals surface area contributed by atoms with E-state index in [0.717, 1.165) is 12.1 Å². The highest BCUT2D eigenvalue weighted by Gasteiger charge is 2.29. The van der Waals surface area contributed by atoms with Gasteiger partial charge in [-0.05, 0) is 30.7 Å². The zero-order valence-corrected chi connectivity index (χ0v) is 10.9. The lowest BCUT2D eigenvalue weighted by molar-refractivity contribution is -0.137. The quantitative estimate of drug-likeness (QED) is 0.697. The molecule has 0 spiro atoms. The summed E-state index contributed by atoms with van der Waals surface area (Å²) in [6, 6.07) is 5.92. The van der Waals surface area contributed by atoms with Crippen LogP contribution in [-0.2, 0) is 6.18 Å². The van der Waals surface area contributed by atoms with Crippen molar-refractivity contribution >= 4 is 12.1 Å². The molecule has 1 N–H and O–H groups in total. The minimum absolute atomic E-state index is 0.347. The normalized spacial score (nSPS) is 11.8. The molecule has 0 unspecified atom stereocenters. The SMILES string of the molecule is Cc1occc1C(=O)NN=Cc1ccc(C(F)(F)F)cc1. The number of nitrogens with zero attached hydrogens (tertiary/aromatic N) is 1. The van der Waals surface area contributed by atoms with E-state index in [9.17, 15) is 18.0 Å². The Hall–Kier alpha value is -2.57. The Balaban J connectivity index is 1.99. The Bertz CT molecular complexity index is 658. The number of aryl methyl sites for hydroxylation is 1. The van der Waals surface area contributed by atoms with Gasteiger partial charge in [0.15, 0.2) is 0 Å². The smallest absolute Gasteiger partial charge is 0.416 e. The van der Waals surface area contributed by atoms with Crippen molar-refractivity contribution in [3.05, 3.63) is 59.0 Å². The van der Waals surface area contributed by atoms with Gasteiger partial charge in [0.25, 0.3) is 5.91 Å². The third-order valence-corrected chi connectivity index (χ3v) is 2.72. The minimum Gasteiger partial charge on any atom is -0.469 e. The molecule has 0 aliphatic rings. The molecule has 0 atom stereocenters. The summed E-state index contributed by atoms with van der Waals surface area (Å²) in [7, 11) is 0. The average molecular weight is 296 g/mol. The summed E-state index contributed by atoms with van der Waals surface area (Å²) in [4.78, 5) is 11.7. The van der Waals surface area contributed by atoms with Gasteiger partial charge in [-0.2, -0.15) is 18.3 Å². The average Bonchev–Trinajstić information content (AvgIpc) is 2.84. The van der Waals surface area contributed by atoms with Crippen LogP contribution in [0.15, 0.2) is 46.1 Å². The van der Waals surface area contributed by atoms with E-state index in [1.54, 1.807) is 6.92 Å². The number of hydrazone groups is 1. The number of rotatable bonds is 3. The zero-order valence-electron chi connectivity index (χ0n) is 10.9. The Labute approximate surface area is 118 Å². The van der Waals surface area contributed by atoms with Gasteiger partial charge in [0.1, 0.15) is 5.76 Å². The van der Waals surface area contributed by atoms with Crippen LogP contribution in [0.1, 0.15) is 27.2 Å². The van der Waals surface area contributed by atoms with Gasteiger partial charge < -0.3 is 4.42 Å². The van der Waals surface area contributed by atoms with Crippen molar-refractivity contribution in [3.8, 4) is 0 Å². The van der Waals surface area contributed by atoms with Gasteiger partial charge in [-0.15, -0.1) is 0 Å². The second-order valence-corrected chi connectivity index (χ2v) is 4.21. The molecule has 0 aliphatic carbocycles. The second kappa shape index (κ2) is 5.82. The highest BCUT2D eigenvalue weighted by Crippen LogP contribution is 2.28. The molecule has 2 rings (SSSR count). The molecule has 1 aromatic heterocycles. The summed E-state index contributed by atoms with van der Waals surface area (Å²) in [5.74, 6) is 0.00152. The fourth-order valence-corrected chi connectivity index (χ4v) is 1.60. The maximum atomic E-state index is 12.4. The van der Waals surface area contributed by atoms with E-state index >= 15 is 0 Å². The highest BCUT2D eigenvalue weighted by molar-refractivity contribution is 5.95. The van der Waals surface area contributed by atoms with Crippen LogP contribution < -0.4 is 5.43 Å². The Kier molecular flexibility index (Phi) is 4.11. The predicted octanol–water partition coefficient (Wildman–Crippen LogP) is 3.37. The molecule has 0 saturated carbocycles. The molecular weight excluding hydrogens is 285 g/mol. The Morgan fingerprint density at radius 1 is 1.24 bits per heavy atom. The first kappa shape index (κ1) is 14.8. The third kappa shape index (κ3) is 3.71. The highest BCUT2D eigenvalue weighted by atomic mass is 19.4. The third-order valence-electron chi connectivity index (χ3n) is 2.72. The minimum atomic E-state index is -4.37. The number of halogens is 3. The molecule has 0 bridgehead atoms. The summed E-state index contributed by atoms with van der Waals surface area (Å²) in [6.07, 6.45) is -1.74. The molecular formula is C14H11F3N2O2. The summed E-state index contributed by atoms with van der Waals surface area (Å²) < 4.78 is 42.1. The molecule has 0 fully saturated rings. The molecule has 1 heterocycles. The van der Waals surface area contributed by atoms with E-state index in [-0.39, 0.29) is 0 Å². The van der Waals surface area contributed by atoms with E-state index in [1.165, 1.54) is 30.7 Å². The standard InChI is InChI=1S/C14H11F3N2O2/c1-9-12(6-7-21-9)13(20)19-18-8-10-2-4-11(5-3-10)14(15,16)17/h2-8H,1H3,(H,19,20). The van der Waals surface area contributed by atoms with Crippen molar-refractivity contribution in [1.82, 2.24) is 5.43 Å². The number of amides is 1. The van der Waals surface area contributed by atoms with Gasteiger partial charge in [0.05, 0.1) is 23.6 Å². The second-order valence-electron chi connectivity index (χ2n) is 4.21. The van der Waals surface area contributed by atoms with Crippen molar-refractivity contribution in [3.63, 3.8) is 0 Å². The molecule has 0 aliphatic heterocycles. The topological polar surface area (TPSA) is 54.6 Å². The van der Waals surface area contributed by atoms with E-state index in [4.69, 9.17) is 4.42 Å². The molecule has 7 heteroatoms. The number of furan rings is 1. The van der Waals surface area contributed by atoms with Crippen molar-refractivity contribution in [1.29, 1.82) is 0 Å². The summed E-state index contributed by atoms with van der Waals surface area (Å²) in [5.41, 5.74) is 2.31. The molecule has 2 aromatic rings. The van der Waals surface area contributed by atoms with Crippen LogP contribution in [0.4, 0.5) is 13.2 Å². The zero-order chi connectivity index (χ0) is 15.5. The van der Waals surface area contributed by atoms with Crippen molar-refractivity contribution in [2.24, 2.45) is 5.10 Å². The molecule has 1 amide bonds. The molecule has 1 aromatic carbocycles. The first-order valence-electron chi connectivity index (χ1n) is 5.92. The predicted molar refractivity (Wildman–Crippen MR) is 69.9 cm³/mol. The number of nitrogens with one attached hydrogen (secondary N) is 1. The van der Waals surface area contributed by atoms with E-state index < -0.39 is 17.6 Å². The number of hydrogen-bond donors (Lipinski definition) is 1. The Morgan fingerprint density at radius 3 is 2.43 bits per heavy atom. The molecule has 21 heavy (non-hydrogen) atoms. The van der Waals surface area contributed by atoms with Crippen LogP contribution in [0.3, 0.4) is 0 Å². The lowest BCUT2D eigenvalue weighted by atomic mass is 10.1. The fourth-order valence-electron chi connectivity index (χ4n) is 1.60. The number of alkyl halides is 3. The molecule has 110 valence electrons. The van der Waals surface area contributed by atoms with Gasteiger partial charge in [-0.25, -0.2) is 5.43 Å². The van der Waals surface area contributed by atoms with Crippen molar-refractivity contribution in [2.45, 2.75) is 13.1 Å². The summed E-state index contributed by atoms with van der Waals surface area (Å²) >= 11 is 0. The van der Waals surface area contributed by atoms with E-state index in [0.29, 0.717) is 16.9 Å². The van der Waals surface area contributed by atoms with Gasteiger partial charge in [-0.3, -0.25) is 4.79 Å². The van der Waals surface area contributed by atoms with E-state index in [2.05, 4.69) is 10.5 Å². The van der Waals surface area contributed by atoms with Crippen LogP contribution in [-0.4, -0.2) is 12.1 Å². The number of benzene rings is 1. The molecule has 4 nitrogen and oxygen atoms in total. The summed E-state index contributed by atoms with van der Waals surface area (Å²) in [5, 5.41) is 3.68. The van der Waals surface area contributed by atoms with Crippen LogP contribution in [0, 0.1) is 6.92 Å². The number of carbonyl (C=O) groups excluding carboxylic acids is 1.